The number of hydrogen-bond donors (Lipinski definition) is 3. The molecule has 0 aliphatic heterocycles. The van der Waals surface area contributed by atoms with Crippen LogP contribution in [0, 0.1) is 5.92 Å². The van der Waals surface area contributed by atoms with Crippen LogP contribution in [0.2, 0.25) is 0 Å². The Bertz CT molecular complexity index is 2100. The number of carbonyl (C=O) groups is 4. The van der Waals surface area contributed by atoms with Gasteiger partial charge in [-0.2, -0.15) is 0 Å². The van der Waals surface area contributed by atoms with Gasteiger partial charge in [0.25, 0.3) is 0 Å². The van der Waals surface area contributed by atoms with Crippen molar-refractivity contribution in [2.45, 2.75) is 522 Å². The molecule has 0 radical (unpaired) electrons. The number of esters is 4. The highest BCUT2D eigenvalue weighted by atomic mass is 31.2. The summed E-state index contributed by atoms with van der Waals surface area (Å²) in [5.41, 5.74) is 0. The second-order valence-electron chi connectivity index (χ2n) is 33.5. The molecular formula is C92H180O17P2. The minimum Gasteiger partial charge on any atom is -0.462 e. The molecule has 0 aromatic carbocycles. The van der Waals surface area contributed by atoms with Crippen LogP contribution in [0.3, 0.4) is 0 Å². The van der Waals surface area contributed by atoms with Crippen LogP contribution in [0.4, 0.5) is 0 Å². The van der Waals surface area contributed by atoms with Crippen molar-refractivity contribution in [1.29, 1.82) is 0 Å². The number of aliphatic hydroxyl groups is 1. The minimum atomic E-state index is -4.97. The van der Waals surface area contributed by atoms with Crippen molar-refractivity contribution < 1.29 is 80.2 Å². The van der Waals surface area contributed by atoms with Crippen molar-refractivity contribution in [2.24, 2.45) is 5.92 Å². The quantitative estimate of drug-likeness (QED) is 0.0222. The Morgan fingerprint density at radius 3 is 0.613 bits per heavy atom. The minimum absolute atomic E-state index is 0.109. The number of aliphatic hydroxyl groups excluding tert-OH is 1. The summed E-state index contributed by atoms with van der Waals surface area (Å²) in [4.78, 5) is 73.5. The first-order valence-corrected chi connectivity index (χ1v) is 50.6. The molecule has 0 aromatic rings. The van der Waals surface area contributed by atoms with E-state index < -0.39 is 97.5 Å². The first-order valence-electron chi connectivity index (χ1n) is 47.6. The fourth-order valence-electron chi connectivity index (χ4n) is 14.5. The van der Waals surface area contributed by atoms with Crippen LogP contribution < -0.4 is 0 Å². The lowest BCUT2D eigenvalue weighted by Gasteiger charge is -2.21. The molecule has 19 heteroatoms. The summed E-state index contributed by atoms with van der Waals surface area (Å²) in [6.07, 6.45) is 80.6. The third-order valence-electron chi connectivity index (χ3n) is 21.8. The van der Waals surface area contributed by atoms with Gasteiger partial charge in [-0.1, -0.05) is 452 Å². The summed E-state index contributed by atoms with van der Waals surface area (Å²) in [6.45, 7) is 7.44. The van der Waals surface area contributed by atoms with E-state index in [4.69, 9.17) is 37.0 Å². The Hall–Kier alpha value is -1.94. The summed E-state index contributed by atoms with van der Waals surface area (Å²) in [5, 5.41) is 10.7. The molecule has 111 heavy (non-hydrogen) atoms. The van der Waals surface area contributed by atoms with Crippen LogP contribution in [-0.4, -0.2) is 96.7 Å². The molecule has 660 valence electrons. The highest BCUT2D eigenvalue weighted by Gasteiger charge is 2.31. The van der Waals surface area contributed by atoms with Crippen LogP contribution in [0.25, 0.3) is 0 Å². The lowest BCUT2D eigenvalue weighted by atomic mass is 10.0. The van der Waals surface area contributed by atoms with Crippen LogP contribution in [0.15, 0.2) is 0 Å². The number of phosphoric ester groups is 2. The van der Waals surface area contributed by atoms with Gasteiger partial charge in [0.2, 0.25) is 0 Å². The Balaban J connectivity index is 5.24. The van der Waals surface area contributed by atoms with E-state index >= 15 is 0 Å². The van der Waals surface area contributed by atoms with Crippen LogP contribution in [0.1, 0.15) is 503 Å². The monoisotopic (exact) mass is 1620 g/mol. The average Bonchev–Trinajstić information content (AvgIpc) is 0.897. The molecule has 0 heterocycles. The van der Waals surface area contributed by atoms with Gasteiger partial charge in [-0.05, 0) is 31.6 Å². The summed E-state index contributed by atoms with van der Waals surface area (Å²) < 4.78 is 69.1. The summed E-state index contributed by atoms with van der Waals surface area (Å²) in [5.74, 6) is -1.28. The van der Waals surface area contributed by atoms with Gasteiger partial charge in [-0.3, -0.25) is 37.3 Å². The zero-order chi connectivity index (χ0) is 81.1. The van der Waals surface area contributed by atoms with E-state index in [9.17, 15) is 43.2 Å². The van der Waals surface area contributed by atoms with Crippen molar-refractivity contribution in [3.05, 3.63) is 0 Å². The van der Waals surface area contributed by atoms with E-state index in [1.807, 2.05) is 0 Å². The molecule has 0 aliphatic carbocycles. The van der Waals surface area contributed by atoms with Crippen molar-refractivity contribution in [3.8, 4) is 0 Å². The number of hydrogen-bond acceptors (Lipinski definition) is 15. The van der Waals surface area contributed by atoms with Crippen LogP contribution in [0.5, 0.6) is 0 Å². The van der Waals surface area contributed by atoms with Gasteiger partial charge in [0.05, 0.1) is 26.4 Å². The SMILES string of the molecule is CCCCCCCCCCCCCCCCCCCCCCCCC(=O)O[C@H](COC(=O)CCCCCCCCCCCCCCCCCCC(C)C)COP(=O)(O)OC[C@@H](O)COP(=O)(O)OC[C@@H](COC(=O)CCCCCCCCCCCCCC)OC(=O)CCCCCCCCCCCCCCCCCCCC. The largest absolute Gasteiger partial charge is 0.472 e. The number of ether oxygens (including phenoxy) is 4. The fourth-order valence-corrected chi connectivity index (χ4v) is 16.1. The maximum absolute atomic E-state index is 13.2. The van der Waals surface area contributed by atoms with E-state index in [0.717, 1.165) is 95.8 Å². The molecule has 5 atom stereocenters. The van der Waals surface area contributed by atoms with Crippen molar-refractivity contribution in [3.63, 3.8) is 0 Å². The molecule has 0 saturated heterocycles. The summed E-state index contributed by atoms with van der Waals surface area (Å²) in [6, 6.07) is 0. The Kier molecular flexibility index (Phi) is 83.0. The van der Waals surface area contributed by atoms with Crippen molar-refractivity contribution >= 4 is 39.5 Å². The lowest BCUT2D eigenvalue weighted by molar-refractivity contribution is -0.161. The highest BCUT2D eigenvalue weighted by molar-refractivity contribution is 7.47. The van der Waals surface area contributed by atoms with Gasteiger partial charge in [0.1, 0.15) is 19.3 Å². The van der Waals surface area contributed by atoms with Crippen molar-refractivity contribution in [2.75, 3.05) is 39.6 Å². The molecule has 0 saturated carbocycles. The molecule has 0 fully saturated rings. The predicted octanol–water partition coefficient (Wildman–Crippen LogP) is 28.7. The Morgan fingerprint density at radius 1 is 0.243 bits per heavy atom. The van der Waals surface area contributed by atoms with E-state index in [2.05, 4.69) is 34.6 Å². The molecule has 0 aromatic heterocycles. The number of unbranched alkanes of at least 4 members (excludes halogenated alkanes) is 64. The molecule has 0 aliphatic rings. The van der Waals surface area contributed by atoms with E-state index in [-0.39, 0.29) is 25.7 Å². The zero-order valence-corrected chi connectivity index (χ0v) is 74.9. The van der Waals surface area contributed by atoms with E-state index in [1.54, 1.807) is 0 Å². The molecule has 0 spiro atoms. The van der Waals surface area contributed by atoms with Gasteiger partial charge < -0.3 is 33.8 Å². The zero-order valence-electron chi connectivity index (χ0n) is 73.1. The van der Waals surface area contributed by atoms with Gasteiger partial charge in [0, 0.05) is 25.7 Å². The molecule has 0 bridgehead atoms. The number of phosphoric acid groups is 2. The molecular weight excluding hydrogens is 1440 g/mol. The third kappa shape index (κ3) is 85.8. The second kappa shape index (κ2) is 84.5. The number of rotatable bonds is 92. The predicted molar refractivity (Wildman–Crippen MR) is 460 cm³/mol. The van der Waals surface area contributed by atoms with Crippen molar-refractivity contribution in [1.82, 2.24) is 0 Å². The summed E-state index contributed by atoms with van der Waals surface area (Å²) >= 11 is 0. The third-order valence-corrected chi connectivity index (χ3v) is 23.7. The topological polar surface area (TPSA) is 237 Å². The van der Waals surface area contributed by atoms with Crippen LogP contribution >= 0.6 is 15.6 Å². The number of carbonyl (C=O) groups excluding carboxylic acids is 4. The lowest BCUT2D eigenvalue weighted by Crippen LogP contribution is -2.30. The van der Waals surface area contributed by atoms with Gasteiger partial charge >= 0.3 is 39.5 Å². The normalized spacial score (nSPS) is 13.7. The maximum atomic E-state index is 13.2. The van der Waals surface area contributed by atoms with Gasteiger partial charge in [-0.15, -0.1) is 0 Å². The Morgan fingerprint density at radius 2 is 0.414 bits per heavy atom. The van der Waals surface area contributed by atoms with E-state index in [0.29, 0.717) is 25.7 Å². The van der Waals surface area contributed by atoms with Gasteiger partial charge in [0.15, 0.2) is 12.2 Å². The summed E-state index contributed by atoms with van der Waals surface area (Å²) in [7, 11) is -9.94. The molecule has 3 N–H and O–H groups in total. The van der Waals surface area contributed by atoms with Crippen LogP contribution in [-0.2, 0) is 65.4 Å². The van der Waals surface area contributed by atoms with Gasteiger partial charge in [-0.25, -0.2) is 9.13 Å². The molecule has 17 nitrogen and oxygen atoms in total. The first kappa shape index (κ1) is 109. The highest BCUT2D eigenvalue weighted by Crippen LogP contribution is 2.45. The standard InChI is InChI=1S/C92H180O17P2/c1-6-9-12-15-18-21-24-27-29-31-33-34-35-36-38-44-48-53-58-63-68-73-78-92(97)109-88(82-103-90(95)76-71-66-61-56-51-46-42-40-39-41-45-49-54-59-64-69-74-85(4)5)84-107-111(100,101)105-80-86(93)79-104-110(98,99)106-83-87(81-102-89(94)75-70-65-60-55-50-26-23-20-17-14-11-8-3)108-91(96)77-72-67-62-57-52-47-43-37-32-30-28-25-22-19-16-13-10-7-2/h85-88,93H,6-84H2,1-5H3,(H,98,99)(H,100,101)/t86-,87+,88+/m0/s1. The molecule has 2 unspecified atom stereocenters. The molecule has 0 rings (SSSR count). The Labute approximate surface area is 683 Å². The fraction of sp³-hybridized carbons (Fsp3) is 0.957. The smallest absolute Gasteiger partial charge is 0.462 e. The first-order chi connectivity index (χ1) is 54.0. The van der Waals surface area contributed by atoms with E-state index in [1.165, 1.54) is 327 Å². The molecule has 0 amide bonds. The second-order valence-corrected chi connectivity index (χ2v) is 36.4. The maximum Gasteiger partial charge on any atom is 0.472 e. The average molecular weight is 1620 g/mol.